The van der Waals surface area contributed by atoms with Crippen LogP contribution < -0.4 is 0 Å². The van der Waals surface area contributed by atoms with Crippen molar-refractivity contribution in [3.63, 3.8) is 0 Å². The summed E-state index contributed by atoms with van der Waals surface area (Å²) in [5.74, 6) is -0.605. The van der Waals surface area contributed by atoms with Gasteiger partial charge in [0, 0.05) is 0 Å². The molecule has 0 radical (unpaired) electrons. The zero-order valence-electron chi connectivity index (χ0n) is 11.4. The molecular weight excluding hydrogens is 291 g/mol. The van der Waals surface area contributed by atoms with E-state index in [2.05, 4.69) is 15.5 Å². The van der Waals surface area contributed by atoms with E-state index in [0.717, 1.165) is 12.8 Å². The second-order valence-corrected chi connectivity index (χ2v) is 5.98. The summed E-state index contributed by atoms with van der Waals surface area (Å²) in [7, 11) is 0. The molecule has 0 N–H and O–H groups in total. The van der Waals surface area contributed by atoms with Gasteiger partial charge in [-0.3, -0.25) is 4.79 Å². The van der Waals surface area contributed by atoms with Crippen LogP contribution in [0.3, 0.4) is 0 Å². The minimum atomic E-state index is -0.488. The summed E-state index contributed by atoms with van der Waals surface area (Å²) in [5.41, 5.74) is 0.116. The van der Waals surface area contributed by atoms with Gasteiger partial charge in [0.05, 0.1) is 17.4 Å². The topological polar surface area (TPSA) is 60.7 Å². The number of hydrogen-bond donors (Lipinski definition) is 0. The Labute approximate surface area is 125 Å². The predicted octanol–water partition coefficient (Wildman–Crippen LogP) is 2.90. The van der Waals surface area contributed by atoms with Crippen molar-refractivity contribution in [3.8, 4) is 0 Å². The maximum Gasteiger partial charge on any atom is 0.210 e. The van der Waals surface area contributed by atoms with Gasteiger partial charge in [0.2, 0.25) is 5.16 Å². The smallest absolute Gasteiger partial charge is 0.210 e. The van der Waals surface area contributed by atoms with Crippen LogP contribution >= 0.6 is 11.8 Å². The molecule has 1 heterocycles. The molecule has 3 rings (SSSR count). The first kappa shape index (κ1) is 14.2. The van der Waals surface area contributed by atoms with Crippen LogP contribution in [0.1, 0.15) is 42.1 Å². The van der Waals surface area contributed by atoms with Gasteiger partial charge in [-0.1, -0.05) is 36.7 Å². The normalized spacial score (nSPS) is 15.5. The lowest BCUT2D eigenvalue weighted by Crippen LogP contribution is -2.10. The van der Waals surface area contributed by atoms with Crippen molar-refractivity contribution in [2.75, 3.05) is 5.75 Å². The molecule has 7 heteroatoms. The maximum absolute atomic E-state index is 13.6. The second-order valence-electron chi connectivity index (χ2n) is 5.04. The van der Waals surface area contributed by atoms with Crippen LogP contribution in [0.4, 0.5) is 4.39 Å². The molecule has 110 valence electrons. The van der Waals surface area contributed by atoms with E-state index < -0.39 is 5.82 Å². The van der Waals surface area contributed by atoms with Gasteiger partial charge in [-0.15, -0.1) is 5.10 Å². The van der Waals surface area contributed by atoms with Gasteiger partial charge in [0.25, 0.3) is 0 Å². The van der Waals surface area contributed by atoms with Gasteiger partial charge in [0.1, 0.15) is 5.82 Å². The SMILES string of the molecule is O=C(CSc1nnnn1C1CCCC1)c1ccccc1F. The van der Waals surface area contributed by atoms with E-state index in [1.54, 1.807) is 16.8 Å². The van der Waals surface area contributed by atoms with Crippen LogP contribution in [0.5, 0.6) is 0 Å². The third-order valence-electron chi connectivity index (χ3n) is 3.64. The number of benzene rings is 1. The van der Waals surface area contributed by atoms with Crippen LogP contribution in [0.25, 0.3) is 0 Å². The Morgan fingerprint density at radius 3 is 2.86 bits per heavy atom. The fourth-order valence-corrected chi connectivity index (χ4v) is 3.38. The minimum Gasteiger partial charge on any atom is -0.293 e. The van der Waals surface area contributed by atoms with Crippen LogP contribution in [-0.2, 0) is 0 Å². The third kappa shape index (κ3) is 3.12. The quantitative estimate of drug-likeness (QED) is 0.628. The van der Waals surface area contributed by atoms with Crippen molar-refractivity contribution in [1.82, 2.24) is 20.2 Å². The van der Waals surface area contributed by atoms with Crippen molar-refractivity contribution in [2.45, 2.75) is 36.9 Å². The number of hydrogen-bond acceptors (Lipinski definition) is 5. The molecule has 1 aromatic heterocycles. The van der Waals surface area contributed by atoms with E-state index in [4.69, 9.17) is 0 Å². The number of carbonyl (C=O) groups is 1. The Morgan fingerprint density at radius 1 is 1.33 bits per heavy atom. The molecule has 0 unspecified atom stereocenters. The molecule has 0 spiro atoms. The third-order valence-corrected chi connectivity index (χ3v) is 4.57. The van der Waals surface area contributed by atoms with Crippen LogP contribution in [0.2, 0.25) is 0 Å². The van der Waals surface area contributed by atoms with Crippen LogP contribution in [0, 0.1) is 5.82 Å². The first-order valence-electron chi connectivity index (χ1n) is 6.94. The molecule has 1 aliphatic carbocycles. The number of nitrogens with zero attached hydrogens (tertiary/aromatic N) is 4. The Kier molecular flexibility index (Phi) is 4.28. The molecule has 1 fully saturated rings. The number of thioether (sulfide) groups is 1. The van der Waals surface area contributed by atoms with Crippen molar-refractivity contribution in [1.29, 1.82) is 0 Å². The average Bonchev–Trinajstić information content (AvgIpc) is 3.16. The molecule has 0 atom stereocenters. The molecule has 0 bridgehead atoms. The Morgan fingerprint density at radius 2 is 2.10 bits per heavy atom. The number of aromatic nitrogens is 4. The molecular formula is C14H15FN4OS. The minimum absolute atomic E-state index is 0.116. The summed E-state index contributed by atoms with van der Waals surface area (Å²) in [6.07, 6.45) is 4.51. The van der Waals surface area contributed by atoms with Gasteiger partial charge in [-0.05, 0) is 35.4 Å². The van der Waals surface area contributed by atoms with E-state index in [0.29, 0.717) is 11.2 Å². The van der Waals surface area contributed by atoms with E-state index >= 15 is 0 Å². The number of rotatable bonds is 5. The van der Waals surface area contributed by atoms with Gasteiger partial charge in [0.15, 0.2) is 5.78 Å². The molecule has 5 nitrogen and oxygen atoms in total. The van der Waals surface area contributed by atoms with Crippen LogP contribution in [-0.4, -0.2) is 31.7 Å². The predicted molar refractivity (Wildman–Crippen MR) is 76.8 cm³/mol. The zero-order chi connectivity index (χ0) is 14.7. The number of carbonyl (C=O) groups excluding carboxylic acids is 1. The number of halogens is 1. The molecule has 1 aliphatic rings. The molecule has 0 saturated heterocycles. The second kappa shape index (κ2) is 6.34. The van der Waals surface area contributed by atoms with Gasteiger partial charge in [-0.2, -0.15) is 0 Å². The lowest BCUT2D eigenvalue weighted by Gasteiger charge is -2.10. The van der Waals surface area contributed by atoms with Gasteiger partial charge in [-0.25, -0.2) is 9.07 Å². The number of ketones is 1. The van der Waals surface area contributed by atoms with Gasteiger partial charge < -0.3 is 0 Å². The highest BCUT2D eigenvalue weighted by molar-refractivity contribution is 7.99. The summed E-state index contributed by atoms with van der Waals surface area (Å²) in [6, 6.07) is 6.34. The molecule has 2 aromatic rings. The number of Topliss-reactive ketones (excluding diaryl/α,β-unsaturated/α-hetero) is 1. The summed E-state index contributed by atoms with van der Waals surface area (Å²) in [5, 5.41) is 12.3. The average molecular weight is 306 g/mol. The van der Waals surface area contributed by atoms with Gasteiger partial charge >= 0.3 is 0 Å². The molecule has 0 aliphatic heterocycles. The lowest BCUT2D eigenvalue weighted by atomic mass is 10.1. The largest absolute Gasteiger partial charge is 0.293 e. The first-order valence-corrected chi connectivity index (χ1v) is 7.92. The summed E-state index contributed by atoms with van der Waals surface area (Å²) in [4.78, 5) is 12.1. The number of tetrazole rings is 1. The Hall–Kier alpha value is -1.76. The highest BCUT2D eigenvalue weighted by Crippen LogP contribution is 2.31. The molecule has 0 amide bonds. The fourth-order valence-electron chi connectivity index (χ4n) is 2.55. The molecule has 21 heavy (non-hydrogen) atoms. The molecule has 1 saturated carbocycles. The Balaban J connectivity index is 1.67. The summed E-state index contributed by atoms with van der Waals surface area (Å²) in [6.45, 7) is 0. The highest BCUT2D eigenvalue weighted by atomic mass is 32.2. The molecule has 1 aromatic carbocycles. The van der Waals surface area contributed by atoms with Crippen molar-refractivity contribution >= 4 is 17.5 Å². The van der Waals surface area contributed by atoms with E-state index in [1.165, 1.54) is 36.7 Å². The first-order chi connectivity index (χ1) is 10.3. The van der Waals surface area contributed by atoms with E-state index in [1.807, 2.05) is 0 Å². The summed E-state index contributed by atoms with van der Waals surface area (Å²) >= 11 is 1.26. The zero-order valence-corrected chi connectivity index (χ0v) is 12.2. The monoisotopic (exact) mass is 306 g/mol. The lowest BCUT2D eigenvalue weighted by molar-refractivity contribution is 0.101. The fraction of sp³-hybridized carbons (Fsp3) is 0.429. The van der Waals surface area contributed by atoms with E-state index in [9.17, 15) is 9.18 Å². The highest BCUT2D eigenvalue weighted by Gasteiger charge is 2.22. The van der Waals surface area contributed by atoms with Crippen LogP contribution in [0.15, 0.2) is 29.4 Å². The van der Waals surface area contributed by atoms with Crippen molar-refractivity contribution in [3.05, 3.63) is 35.6 Å². The Bertz CT molecular complexity index is 639. The van der Waals surface area contributed by atoms with Crippen molar-refractivity contribution < 1.29 is 9.18 Å². The maximum atomic E-state index is 13.6. The summed E-state index contributed by atoms with van der Waals surface area (Å²) < 4.78 is 15.4. The standard InChI is InChI=1S/C14H15FN4OS/c15-12-8-4-3-7-11(12)13(20)9-21-14-16-17-18-19(14)10-5-1-2-6-10/h3-4,7-8,10H,1-2,5-6,9H2. The van der Waals surface area contributed by atoms with Crippen molar-refractivity contribution in [2.24, 2.45) is 0 Å². The van der Waals surface area contributed by atoms with E-state index in [-0.39, 0.29) is 17.1 Å².